The zero-order valence-electron chi connectivity index (χ0n) is 11.4. The fourth-order valence-corrected chi connectivity index (χ4v) is 1.41. The first-order valence-electron chi connectivity index (χ1n) is 5.36. The number of rotatable bonds is 2. The molecular weight excluding hydrogens is 486 g/mol. The van der Waals surface area contributed by atoms with E-state index >= 15 is 0 Å². The van der Waals surface area contributed by atoms with E-state index in [4.69, 9.17) is 13.1 Å². The van der Waals surface area contributed by atoms with Gasteiger partial charge in [0, 0.05) is 52.3 Å². The van der Waals surface area contributed by atoms with Crippen LogP contribution in [0.3, 0.4) is 0 Å². The molecule has 0 aromatic heterocycles. The molecule has 0 aliphatic carbocycles. The Balaban J connectivity index is -0.000000980. The monoisotopic (exact) mass is 507 g/mol. The van der Waals surface area contributed by atoms with Gasteiger partial charge in [-0.05, 0) is 0 Å². The number of hydrogen-bond donors (Lipinski definition) is 0. The third-order valence-corrected chi connectivity index (χ3v) is 2.76. The maximum atomic E-state index is 7.21. The first kappa shape index (κ1) is 22.5. The SMILES string of the molecule is [C-]#[N+]C(CC([N+]#[C-])C(C)(C)C)C(C)(C)C.[Pd].[Pt]. The average molecular weight is 508 g/mol. The Kier molecular flexibility index (Phi) is 11.2. The molecule has 2 nitrogen and oxygen atoms in total. The van der Waals surface area contributed by atoms with Gasteiger partial charge in [0.25, 0.3) is 0 Å². The van der Waals surface area contributed by atoms with E-state index in [2.05, 4.69) is 51.2 Å². The van der Waals surface area contributed by atoms with Crippen LogP contribution in [-0.2, 0) is 41.5 Å². The van der Waals surface area contributed by atoms with Crippen molar-refractivity contribution < 1.29 is 41.5 Å². The number of nitrogens with zero attached hydrogens (tertiary/aromatic N) is 2. The van der Waals surface area contributed by atoms with Gasteiger partial charge in [0.1, 0.15) is 0 Å². The summed E-state index contributed by atoms with van der Waals surface area (Å²) in [4.78, 5) is 7.33. The Bertz CT molecular complexity index is 259. The molecule has 0 saturated carbocycles. The molecule has 0 aliphatic heterocycles. The summed E-state index contributed by atoms with van der Waals surface area (Å²) in [7, 11) is 0. The number of hydrogen-bond acceptors (Lipinski definition) is 0. The third-order valence-electron chi connectivity index (χ3n) is 2.76. The van der Waals surface area contributed by atoms with Gasteiger partial charge in [-0.1, -0.05) is 41.5 Å². The molecule has 0 heterocycles. The van der Waals surface area contributed by atoms with Crippen LogP contribution in [0, 0.1) is 24.0 Å². The summed E-state index contributed by atoms with van der Waals surface area (Å²) in [6.45, 7) is 26.8. The molecule has 0 amide bonds. The van der Waals surface area contributed by atoms with Crippen LogP contribution in [0.2, 0.25) is 0 Å². The smallest absolute Gasteiger partial charge is 0.235 e. The molecule has 2 unspecified atom stereocenters. The van der Waals surface area contributed by atoms with Crippen LogP contribution in [0.1, 0.15) is 48.0 Å². The summed E-state index contributed by atoms with van der Waals surface area (Å²) in [5, 5.41) is 0. The Hall–Kier alpha value is 0.331. The van der Waals surface area contributed by atoms with Gasteiger partial charge in [0.2, 0.25) is 12.1 Å². The summed E-state index contributed by atoms with van der Waals surface area (Å²) >= 11 is 0. The van der Waals surface area contributed by atoms with E-state index in [9.17, 15) is 0 Å². The van der Waals surface area contributed by atoms with Crippen molar-refractivity contribution >= 4 is 0 Å². The first-order chi connectivity index (χ1) is 6.62. The predicted molar refractivity (Wildman–Crippen MR) is 64.3 cm³/mol. The molecule has 0 spiro atoms. The third kappa shape index (κ3) is 8.11. The molecule has 17 heavy (non-hydrogen) atoms. The molecule has 4 heteroatoms. The van der Waals surface area contributed by atoms with Crippen LogP contribution >= 0.6 is 0 Å². The van der Waals surface area contributed by atoms with E-state index in [0.717, 1.165) is 0 Å². The molecule has 2 atom stereocenters. The van der Waals surface area contributed by atoms with Gasteiger partial charge >= 0.3 is 0 Å². The molecule has 0 radical (unpaired) electrons. The quantitative estimate of drug-likeness (QED) is 0.394. The van der Waals surface area contributed by atoms with Crippen molar-refractivity contribution in [2.24, 2.45) is 10.8 Å². The summed E-state index contributed by atoms with van der Waals surface area (Å²) in [6.07, 6.45) is 0.681. The van der Waals surface area contributed by atoms with Crippen LogP contribution < -0.4 is 0 Å². The van der Waals surface area contributed by atoms with Crippen molar-refractivity contribution in [1.82, 2.24) is 0 Å². The van der Waals surface area contributed by atoms with Crippen molar-refractivity contribution in [1.29, 1.82) is 0 Å². The van der Waals surface area contributed by atoms with Crippen molar-refractivity contribution in [2.75, 3.05) is 0 Å². The minimum Gasteiger partial charge on any atom is -0.313 e. The Morgan fingerprint density at radius 1 is 0.824 bits per heavy atom. The topological polar surface area (TPSA) is 8.72 Å². The van der Waals surface area contributed by atoms with E-state index in [-0.39, 0.29) is 64.4 Å². The second-order valence-electron chi connectivity index (χ2n) is 6.26. The first-order valence-corrected chi connectivity index (χ1v) is 5.36. The van der Waals surface area contributed by atoms with Gasteiger partial charge in [0.15, 0.2) is 0 Å². The standard InChI is InChI=1S/C13H22N2.Pd.Pt/c1-12(2,3)10(14-7)9-11(15-8)13(4,5)6;;/h10-11H,9H2,1-6H3;;. The van der Waals surface area contributed by atoms with Crippen LogP contribution in [-0.4, -0.2) is 12.1 Å². The maximum Gasteiger partial charge on any atom is 0.235 e. The van der Waals surface area contributed by atoms with Crippen molar-refractivity contribution in [3.63, 3.8) is 0 Å². The fourth-order valence-electron chi connectivity index (χ4n) is 1.41. The van der Waals surface area contributed by atoms with Crippen LogP contribution in [0.5, 0.6) is 0 Å². The van der Waals surface area contributed by atoms with Gasteiger partial charge in [0.05, 0.1) is 6.42 Å². The van der Waals surface area contributed by atoms with Crippen molar-refractivity contribution in [3.05, 3.63) is 22.8 Å². The maximum absolute atomic E-state index is 7.21. The van der Waals surface area contributed by atoms with E-state index in [1.807, 2.05) is 0 Å². The second kappa shape index (κ2) is 8.44. The summed E-state index contributed by atoms with van der Waals surface area (Å²) in [5.41, 5.74) is -0.0636. The second-order valence-corrected chi connectivity index (χ2v) is 6.26. The van der Waals surface area contributed by atoms with Crippen molar-refractivity contribution in [3.8, 4) is 0 Å². The van der Waals surface area contributed by atoms with E-state index in [1.165, 1.54) is 0 Å². The van der Waals surface area contributed by atoms with Crippen LogP contribution in [0.25, 0.3) is 9.69 Å². The Labute approximate surface area is 134 Å². The van der Waals surface area contributed by atoms with Gasteiger partial charge < -0.3 is 9.69 Å². The van der Waals surface area contributed by atoms with E-state index in [0.29, 0.717) is 6.42 Å². The molecule has 0 aromatic carbocycles. The van der Waals surface area contributed by atoms with Gasteiger partial charge in [-0.25, -0.2) is 13.1 Å². The zero-order valence-corrected chi connectivity index (χ0v) is 15.2. The van der Waals surface area contributed by atoms with Crippen LogP contribution in [0.4, 0.5) is 0 Å². The molecular formula is C13H22N2PdPt. The summed E-state index contributed by atoms with van der Waals surface area (Å²) < 4.78 is 0. The molecule has 0 aliphatic rings. The van der Waals surface area contributed by atoms with Gasteiger partial charge in [-0.3, -0.25) is 0 Å². The fraction of sp³-hybridized carbons (Fsp3) is 0.846. The Morgan fingerprint density at radius 3 is 1.18 bits per heavy atom. The molecule has 0 N–H and O–H groups in total. The molecule has 0 saturated heterocycles. The summed E-state index contributed by atoms with van der Waals surface area (Å²) in [5.74, 6) is 0. The molecule has 104 valence electrons. The minimum absolute atomic E-state index is 0. The molecule has 0 rings (SSSR count). The average Bonchev–Trinajstić information content (AvgIpc) is 2.01. The molecule has 0 bridgehead atoms. The van der Waals surface area contributed by atoms with Crippen molar-refractivity contribution in [2.45, 2.75) is 60.0 Å². The molecule has 0 aromatic rings. The Morgan fingerprint density at radius 2 is 1.06 bits per heavy atom. The predicted octanol–water partition coefficient (Wildman–Crippen LogP) is 4.04. The largest absolute Gasteiger partial charge is 0.313 e. The van der Waals surface area contributed by atoms with Gasteiger partial charge in [-0.15, -0.1) is 0 Å². The minimum atomic E-state index is -0.0594. The van der Waals surface area contributed by atoms with E-state index < -0.39 is 0 Å². The molecule has 0 fully saturated rings. The normalized spacial score (nSPS) is 14.4. The van der Waals surface area contributed by atoms with Gasteiger partial charge in [-0.2, -0.15) is 0 Å². The summed E-state index contributed by atoms with van der Waals surface area (Å²) in [6, 6.07) is -0.119. The van der Waals surface area contributed by atoms with Crippen LogP contribution in [0.15, 0.2) is 0 Å². The zero-order chi connectivity index (χ0) is 12.3. The van der Waals surface area contributed by atoms with E-state index in [1.54, 1.807) is 0 Å².